The first-order valence-electron chi connectivity index (χ1n) is 3.83. The van der Waals surface area contributed by atoms with Crippen LogP contribution in [0.5, 0.6) is 0 Å². The van der Waals surface area contributed by atoms with Crippen LogP contribution in [-0.4, -0.2) is 16.3 Å². The van der Waals surface area contributed by atoms with E-state index in [4.69, 9.17) is 0 Å². The molecule has 2 rings (SSSR count). The van der Waals surface area contributed by atoms with Crippen LogP contribution in [0, 0.1) is 6.92 Å². The first kappa shape index (κ1) is 8.52. The molecule has 0 radical (unpaired) electrons. The molecule has 0 aromatic carbocycles. The highest BCUT2D eigenvalue weighted by molar-refractivity contribution is 5.19. The van der Waals surface area contributed by atoms with Gasteiger partial charge in [0.25, 0.3) is 0 Å². The summed E-state index contributed by atoms with van der Waals surface area (Å²) >= 11 is 0. The quantitative estimate of drug-likeness (QED) is 0.682. The fourth-order valence-corrected chi connectivity index (χ4v) is 1.24. The molecule has 1 fully saturated rings. The molecular weight excluding hydrogens is 185 g/mol. The number of rotatable bonds is 1. The highest BCUT2D eigenvalue weighted by Crippen LogP contribution is 2.58. The number of alkyl halides is 3. The summed E-state index contributed by atoms with van der Waals surface area (Å²) in [7, 11) is 0. The Hall–Kier alpha value is -1.07. The van der Waals surface area contributed by atoms with Crippen molar-refractivity contribution in [2.45, 2.75) is 31.4 Å². The smallest absolute Gasteiger partial charge is 0.338 e. The standard InChI is InChI=1S/C7H7F3N2O/c1-4-11-5(13-12-4)6(2-3-6)7(8,9)10/h2-3H2,1H3. The molecular formula is C7H7F3N2O. The van der Waals surface area contributed by atoms with Gasteiger partial charge in [-0.15, -0.1) is 0 Å². The number of nitrogens with zero attached hydrogens (tertiary/aromatic N) is 2. The Labute approximate surface area is 71.9 Å². The second-order valence-corrected chi connectivity index (χ2v) is 3.23. The van der Waals surface area contributed by atoms with Crippen LogP contribution in [0.2, 0.25) is 0 Å². The lowest BCUT2D eigenvalue weighted by Crippen LogP contribution is -2.28. The van der Waals surface area contributed by atoms with Gasteiger partial charge in [-0.2, -0.15) is 18.2 Å². The van der Waals surface area contributed by atoms with Crippen LogP contribution in [0.3, 0.4) is 0 Å². The van der Waals surface area contributed by atoms with Crippen LogP contribution in [-0.2, 0) is 5.41 Å². The van der Waals surface area contributed by atoms with E-state index >= 15 is 0 Å². The maximum absolute atomic E-state index is 12.5. The van der Waals surface area contributed by atoms with Crippen molar-refractivity contribution in [3.8, 4) is 0 Å². The van der Waals surface area contributed by atoms with Gasteiger partial charge < -0.3 is 4.52 Å². The van der Waals surface area contributed by atoms with Gasteiger partial charge in [0.1, 0.15) is 5.41 Å². The van der Waals surface area contributed by atoms with Crippen molar-refractivity contribution in [2.75, 3.05) is 0 Å². The molecule has 0 bridgehead atoms. The highest BCUT2D eigenvalue weighted by Gasteiger charge is 2.68. The van der Waals surface area contributed by atoms with Gasteiger partial charge in [0.05, 0.1) is 0 Å². The third-order valence-electron chi connectivity index (χ3n) is 2.23. The molecule has 1 aromatic rings. The normalized spacial score (nSPS) is 20.3. The van der Waals surface area contributed by atoms with Crippen LogP contribution >= 0.6 is 0 Å². The van der Waals surface area contributed by atoms with E-state index in [2.05, 4.69) is 14.7 Å². The molecule has 1 aliphatic rings. The number of hydrogen-bond acceptors (Lipinski definition) is 3. The molecule has 0 N–H and O–H groups in total. The summed E-state index contributed by atoms with van der Waals surface area (Å²) in [6.07, 6.45) is -4.16. The minimum Gasteiger partial charge on any atom is -0.338 e. The summed E-state index contributed by atoms with van der Waals surface area (Å²) in [5.41, 5.74) is -1.84. The van der Waals surface area contributed by atoms with Crippen LogP contribution < -0.4 is 0 Å². The summed E-state index contributed by atoms with van der Waals surface area (Å²) in [4.78, 5) is 3.61. The number of aryl methyl sites for hydroxylation is 1. The highest BCUT2D eigenvalue weighted by atomic mass is 19.4. The molecule has 0 saturated heterocycles. The molecule has 1 aliphatic carbocycles. The maximum atomic E-state index is 12.5. The number of aromatic nitrogens is 2. The predicted molar refractivity (Wildman–Crippen MR) is 36.0 cm³/mol. The topological polar surface area (TPSA) is 38.9 Å². The van der Waals surface area contributed by atoms with E-state index in [9.17, 15) is 13.2 Å². The van der Waals surface area contributed by atoms with Crippen LogP contribution in [0.25, 0.3) is 0 Å². The van der Waals surface area contributed by atoms with E-state index in [0.29, 0.717) is 0 Å². The zero-order valence-electron chi connectivity index (χ0n) is 6.85. The summed E-state index contributed by atoms with van der Waals surface area (Å²) < 4.78 is 41.9. The van der Waals surface area contributed by atoms with Gasteiger partial charge in [-0.1, -0.05) is 5.16 Å². The summed E-state index contributed by atoms with van der Waals surface area (Å²) in [6.45, 7) is 1.50. The fraction of sp³-hybridized carbons (Fsp3) is 0.714. The summed E-state index contributed by atoms with van der Waals surface area (Å²) in [5, 5.41) is 3.35. The second kappa shape index (κ2) is 2.24. The van der Waals surface area contributed by atoms with Gasteiger partial charge >= 0.3 is 6.18 Å². The molecule has 1 saturated carbocycles. The van der Waals surface area contributed by atoms with Crippen molar-refractivity contribution in [3.63, 3.8) is 0 Å². The Morgan fingerprint density at radius 2 is 2.00 bits per heavy atom. The Morgan fingerprint density at radius 1 is 1.38 bits per heavy atom. The Balaban J connectivity index is 2.36. The SMILES string of the molecule is Cc1noc(C2(C(F)(F)F)CC2)n1. The molecule has 1 heterocycles. The summed E-state index contributed by atoms with van der Waals surface area (Å²) in [5.74, 6) is -0.0528. The van der Waals surface area contributed by atoms with Gasteiger partial charge in [-0.05, 0) is 19.8 Å². The van der Waals surface area contributed by atoms with Gasteiger partial charge in [0.15, 0.2) is 5.82 Å². The largest absolute Gasteiger partial charge is 0.403 e. The van der Waals surface area contributed by atoms with Crippen molar-refractivity contribution in [3.05, 3.63) is 11.7 Å². The zero-order chi connectivity index (χ0) is 9.69. The van der Waals surface area contributed by atoms with E-state index in [1.807, 2.05) is 0 Å². The third-order valence-corrected chi connectivity index (χ3v) is 2.23. The lowest BCUT2D eigenvalue weighted by atomic mass is 10.1. The van der Waals surface area contributed by atoms with Crippen LogP contribution in [0.4, 0.5) is 13.2 Å². The monoisotopic (exact) mass is 192 g/mol. The van der Waals surface area contributed by atoms with Crippen LogP contribution in [0.15, 0.2) is 4.52 Å². The number of halogens is 3. The minimum absolute atomic E-state index is 0.0537. The molecule has 0 atom stereocenters. The fourth-order valence-electron chi connectivity index (χ4n) is 1.24. The molecule has 0 aliphatic heterocycles. The van der Waals surface area contributed by atoms with Gasteiger partial charge in [-0.3, -0.25) is 0 Å². The van der Waals surface area contributed by atoms with E-state index in [0.717, 1.165) is 0 Å². The van der Waals surface area contributed by atoms with Crippen molar-refractivity contribution >= 4 is 0 Å². The maximum Gasteiger partial charge on any atom is 0.403 e. The number of hydrogen-bond donors (Lipinski definition) is 0. The molecule has 13 heavy (non-hydrogen) atoms. The Morgan fingerprint density at radius 3 is 2.31 bits per heavy atom. The molecule has 0 unspecified atom stereocenters. The van der Waals surface area contributed by atoms with Crippen molar-refractivity contribution in [1.82, 2.24) is 10.1 Å². The molecule has 0 amide bonds. The second-order valence-electron chi connectivity index (χ2n) is 3.23. The van der Waals surface area contributed by atoms with E-state index in [-0.39, 0.29) is 24.6 Å². The van der Waals surface area contributed by atoms with Crippen molar-refractivity contribution in [2.24, 2.45) is 0 Å². The van der Waals surface area contributed by atoms with Gasteiger partial charge in [0, 0.05) is 0 Å². The average Bonchev–Trinajstić information content (AvgIpc) is 2.70. The first-order chi connectivity index (χ1) is 5.96. The van der Waals surface area contributed by atoms with E-state index in [1.54, 1.807) is 0 Å². The van der Waals surface area contributed by atoms with Gasteiger partial charge in [0.2, 0.25) is 5.89 Å². The van der Waals surface area contributed by atoms with Crippen molar-refractivity contribution in [1.29, 1.82) is 0 Å². The lowest BCUT2D eigenvalue weighted by Gasteiger charge is -2.13. The average molecular weight is 192 g/mol. The molecule has 3 nitrogen and oxygen atoms in total. The van der Waals surface area contributed by atoms with E-state index in [1.165, 1.54) is 6.92 Å². The lowest BCUT2D eigenvalue weighted by molar-refractivity contribution is -0.166. The van der Waals surface area contributed by atoms with E-state index < -0.39 is 11.6 Å². The molecule has 0 spiro atoms. The first-order valence-corrected chi connectivity index (χ1v) is 3.83. The third kappa shape index (κ3) is 1.12. The van der Waals surface area contributed by atoms with Gasteiger partial charge in [-0.25, -0.2) is 0 Å². The molecule has 72 valence electrons. The Bertz CT molecular complexity index is 327. The molecule has 6 heteroatoms. The summed E-state index contributed by atoms with van der Waals surface area (Å²) in [6, 6.07) is 0. The minimum atomic E-state index is -4.27. The van der Waals surface area contributed by atoms with Crippen molar-refractivity contribution < 1.29 is 17.7 Å². The van der Waals surface area contributed by atoms with Crippen LogP contribution in [0.1, 0.15) is 24.6 Å². The molecule has 1 aromatic heterocycles. The predicted octanol–water partition coefficient (Wildman–Crippen LogP) is 1.97. The Kier molecular flexibility index (Phi) is 1.47. The zero-order valence-corrected chi connectivity index (χ0v) is 6.85.